The summed E-state index contributed by atoms with van der Waals surface area (Å²) in [6, 6.07) is 0. The zero-order valence-electron chi connectivity index (χ0n) is 53.9. The number of carbonyl (C=O) groups excluding carboxylic acids is 3. The van der Waals surface area contributed by atoms with E-state index in [1.807, 2.05) is 21.1 Å². The lowest BCUT2D eigenvalue weighted by atomic mass is 10.0. The van der Waals surface area contributed by atoms with Crippen molar-refractivity contribution in [3.8, 4) is 0 Å². The minimum Gasteiger partial charge on any atom is -0.545 e. The maximum atomic E-state index is 12.9. The van der Waals surface area contributed by atoms with Crippen molar-refractivity contribution in [2.24, 2.45) is 0 Å². The lowest BCUT2D eigenvalue weighted by Gasteiger charge is -2.26. The molecule has 81 heavy (non-hydrogen) atoms. The van der Waals surface area contributed by atoms with Gasteiger partial charge in [-0.2, -0.15) is 0 Å². The molecule has 2 atom stereocenters. The van der Waals surface area contributed by atoms with E-state index in [0.29, 0.717) is 23.9 Å². The van der Waals surface area contributed by atoms with Crippen molar-refractivity contribution < 1.29 is 42.9 Å². The molecule has 0 bridgehead atoms. The van der Waals surface area contributed by atoms with Gasteiger partial charge in [-0.1, -0.05) is 293 Å². The van der Waals surface area contributed by atoms with Gasteiger partial charge in [0.2, 0.25) is 0 Å². The van der Waals surface area contributed by atoms with E-state index in [9.17, 15) is 19.5 Å². The fourth-order valence-electron chi connectivity index (χ4n) is 10.00. The second kappa shape index (κ2) is 63.0. The number of ether oxygens (including phenoxy) is 4. The Morgan fingerprint density at radius 3 is 1.06 bits per heavy atom. The SMILES string of the molecule is CC/C=C\C/C=C\C/C=C\C/C=C\CCCCCCCCCCCCCCCCCCCCC(=O)OC(COC(=O)CCCCCCCCCCCCCCC/C=C\CCCCCCCCCC)COC(OCC[N+](C)(C)C)C(=O)[O-]. The number of allylic oxidation sites excluding steroid dienone is 10. The zero-order valence-corrected chi connectivity index (χ0v) is 53.9. The lowest BCUT2D eigenvalue weighted by molar-refractivity contribution is -0.870. The van der Waals surface area contributed by atoms with Crippen LogP contribution in [0.1, 0.15) is 322 Å². The van der Waals surface area contributed by atoms with Crippen LogP contribution in [0.25, 0.3) is 0 Å². The van der Waals surface area contributed by atoms with Gasteiger partial charge in [0.05, 0.1) is 40.3 Å². The molecular formula is C72H131NO8. The molecule has 0 heterocycles. The highest BCUT2D eigenvalue weighted by atomic mass is 16.7. The molecule has 0 amide bonds. The van der Waals surface area contributed by atoms with Crippen LogP contribution in [0.3, 0.4) is 0 Å². The number of quaternary nitrogens is 1. The second-order valence-corrected chi connectivity index (χ2v) is 24.4. The molecular weight excluding hydrogens is 1010 g/mol. The van der Waals surface area contributed by atoms with Crippen LogP contribution >= 0.6 is 0 Å². The standard InChI is InChI=1S/C72H131NO8/c1-6-8-10-12-14-16-18-20-22-24-26-28-30-32-33-34-35-36-37-39-41-43-45-47-49-51-53-55-57-59-61-63-70(75)81-68(67-80-72(71(76)77)78-65-64-73(3,4)5)66-79-69(74)62-60-58-56-54-52-50-48-46-44-42-40-38-31-29-27-25-23-21-19-17-15-13-11-9-7-2/h8,10,14,16,20,22,25-28,68,72H,6-7,9,11-13,15,17-19,21,23-24,29-67H2,1-5H3/b10-8-,16-14-,22-20-,27-25-,28-26-. The Kier molecular flexibility index (Phi) is 60.7. The Balaban J connectivity index is 4.09. The highest BCUT2D eigenvalue weighted by Crippen LogP contribution is 2.18. The first-order chi connectivity index (χ1) is 39.6. The summed E-state index contributed by atoms with van der Waals surface area (Å²) in [5.74, 6) is -2.26. The normalized spacial score (nSPS) is 13.0. The summed E-state index contributed by atoms with van der Waals surface area (Å²) in [6.45, 7) is 4.69. The number of unbranched alkanes of at least 4 members (excludes halogenated alkanes) is 39. The van der Waals surface area contributed by atoms with Crippen LogP contribution in [0.4, 0.5) is 0 Å². The topological polar surface area (TPSA) is 111 Å². The fraction of sp³-hybridized carbons (Fsp3) is 0.819. The number of carbonyl (C=O) groups is 3. The molecule has 0 aliphatic heterocycles. The van der Waals surface area contributed by atoms with Crippen LogP contribution in [0.5, 0.6) is 0 Å². The van der Waals surface area contributed by atoms with Gasteiger partial charge >= 0.3 is 11.9 Å². The van der Waals surface area contributed by atoms with E-state index in [0.717, 1.165) is 57.8 Å². The summed E-state index contributed by atoms with van der Waals surface area (Å²) in [6.07, 6.45) is 78.7. The van der Waals surface area contributed by atoms with Gasteiger partial charge in [0.25, 0.3) is 0 Å². The van der Waals surface area contributed by atoms with Gasteiger partial charge in [0, 0.05) is 12.8 Å². The van der Waals surface area contributed by atoms with E-state index < -0.39 is 24.3 Å². The molecule has 0 N–H and O–H groups in total. The number of rotatable bonds is 64. The number of hydrogen-bond acceptors (Lipinski definition) is 8. The smallest absolute Gasteiger partial charge is 0.306 e. The second-order valence-electron chi connectivity index (χ2n) is 24.4. The van der Waals surface area contributed by atoms with Crippen molar-refractivity contribution in [3.05, 3.63) is 60.8 Å². The van der Waals surface area contributed by atoms with Crippen molar-refractivity contribution in [2.75, 3.05) is 47.5 Å². The van der Waals surface area contributed by atoms with E-state index in [-0.39, 0.29) is 32.2 Å². The Bertz CT molecular complexity index is 1510. The van der Waals surface area contributed by atoms with Gasteiger partial charge in [0.1, 0.15) is 13.2 Å². The molecule has 0 aromatic carbocycles. The van der Waals surface area contributed by atoms with Gasteiger partial charge < -0.3 is 33.3 Å². The molecule has 0 saturated carbocycles. The summed E-state index contributed by atoms with van der Waals surface area (Å²) in [5.41, 5.74) is 0. The quantitative estimate of drug-likeness (QED) is 0.0195. The van der Waals surface area contributed by atoms with Gasteiger partial charge in [0.15, 0.2) is 12.4 Å². The average Bonchev–Trinajstić information content (AvgIpc) is 3.44. The number of carboxylic acids is 1. The molecule has 0 aliphatic rings. The van der Waals surface area contributed by atoms with E-state index in [1.54, 1.807) is 0 Å². The molecule has 0 aromatic rings. The third-order valence-corrected chi connectivity index (χ3v) is 15.2. The summed E-state index contributed by atoms with van der Waals surface area (Å²) < 4.78 is 22.8. The summed E-state index contributed by atoms with van der Waals surface area (Å²) >= 11 is 0. The highest BCUT2D eigenvalue weighted by Gasteiger charge is 2.22. The first kappa shape index (κ1) is 78.0. The Morgan fingerprint density at radius 2 is 0.704 bits per heavy atom. The molecule has 0 aromatic heterocycles. The van der Waals surface area contributed by atoms with Crippen LogP contribution in [0, 0.1) is 0 Å². The molecule has 472 valence electrons. The molecule has 2 unspecified atom stereocenters. The van der Waals surface area contributed by atoms with Crippen molar-refractivity contribution in [2.45, 2.75) is 334 Å². The molecule has 0 rings (SSSR count). The molecule has 0 saturated heterocycles. The largest absolute Gasteiger partial charge is 0.545 e. The van der Waals surface area contributed by atoms with Crippen molar-refractivity contribution in [1.82, 2.24) is 0 Å². The number of carboxylic acid groups (broad SMARTS) is 1. The van der Waals surface area contributed by atoms with Crippen LogP contribution in [-0.2, 0) is 33.3 Å². The predicted molar refractivity (Wildman–Crippen MR) is 343 cm³/mol. The Labute approximate surface area is 501 Å². The van der Waals surface area contributed by atoms with Crippen LogP contribution in [-0.4, -0.2) is 82.3 Å². The van der Waals surface area contributed by atoms with Gasteiger partial charge in [-0.15, -0.1) is 0 Å². The van der Waals surface area contributed by atoms with Crippen LogP contribution in [0.2, 0.25) is 0 Å². The third kappa shape index (κ3) is 64.4. The number of nitrogens with zero attached hydrogens (tertiary/aromatic N) is 1. The molecule has 9 nitrogen and oxygen atoms in total. The zero-order chi connectivity index (χ0) is 59.1. The minimum atomic E-state index is -1.62. The van der Waals surface area contributed by atoms with Crippen LogP contribution < -0.4 is 5.11 Å². The maximum Gasteiger partial charge on any atom is 0.306 e. The van der Waals surface area contributed by atoms with Gasteiger partial charge in [-0.05, 0) is 77.0 Å². The number of aliphatic carboxylic acids is 1. The summed E-state index contributed by atoms with van der Waals surface area (Å²) in [4.78, 5) is 37.5. The Morgan fingerprint density at radius 1 is 0.383 bits per heavy atom. The molecule has 0 fully saturated rings. The summed E-state index contributed by atoms with van der Waals surface area (Å²) in [7, 11) is 5.94. The highest BCUT2D eigenvalue weighted by molar-refractivity contribution is 5.70. The molecule has 0 aliphatic carbocycles. The van der Waals surface area contributed by atoms with E-state index in [4.69, 9.17) is 18.9 Å². The molecule has 0 spiro atoms. The van der Waals surface area contributed by atoms with Gasteiger partial charge in [-0.25, -0.2) is 0 Å². The minimum absolute atomic E-state index is 0.149. The average molecular weight is 1140 g/mol. The lowest BCUT2D eigenvalue weighted by Crippen LogP contribution is -2.44. The van der Waals surface area contributed by atoms with Crippen molar-refractivity contribution in [3.63, 3.8) is 0 Å². The summed E-state index contributed by atoms with van der Waals surface area (Å²) in [5, 5.41) is 11.8. The van der Waals surface area contributed by atoms with Crippen LogP contribution in [0.15, 0.2) is 60.8 Å². The van der Waals surface area contributed by atoms with E-state index >= 15 is 0 Å². The van der Waals surface area contributed by atoms with E-state index in [1.165, 1.54) is 231 Å². The molecule has 0 radical (unpaired) electrons. The third-order valence-electron chi connectivity index (χ3n) is 15.2. The fourth-order valence-corrected chi connectivity index (χ4v) is 10.00. The number of esters is 2. The monoisotopic (exact) mass is 1140 g/mol. The number of hydrogen-bond donors (Lipinski definition) is 0. The first-order valence-electron chi connectivity index (χ1n) is 34.4. The van der Waals surface area contributed by atoms with Crippen molar-refractivity contribution >= 4 is 17.9 Å². The predicted octanol–water partition coefficient (Wildman–Crippen LogP) is 19.8. The van der Waals surface area contributed by atoms with Gasteiger partial charge in [-0.3, -0.25) is 9.59 Å². The Hall–Kier alpha value is -3.01. The first-order valence-corrected chi connectivity index (χ1v) is 34.4. The van der Waals surface area contributed by atoms with E-state index in [2.05, 4.69) is 74.6 Å². The number of likely N-dealkylation sites (N-methyl/N-ethyl adjacent to an activating group) is 1. The van der Waals surface area contributed by atoms with Crippen molar-refractivity contribution in [1.29, 1.82) is 0 Å². The molecule has 9 heteroatoms. The maximum absolute atomic E-state index is 12.9.